The zero-order chi connectivity index (χ0) is 20.8. The number of nitrogens with one attached hydrogen (secondary N) is 1. The molecule has 7 heteroatoms. The highest BCUT2D eigenvalue weighted by atomic mass is 16.2. The van der Waals surface area contributed by atoms with Crippen molar-refractivity contribution in [3.63, 3.8) is 0 Å². The predicted octanol–water partition coefficient (Wildman–Crippen LogP) is 1.96. The van der Waals surface area contributed by atoms with Crippen LogP contribution < -0.4 is 16.0 Å². The number of allylic oxidation sites excluding steroid dienone is 1. The van der Waals surface area contributed by atoms with E-state index in [4.69, 9.17) is 5.73 Å². The van der Waals surface area contributed by atoms with Crippen LogP contribution in [0, 0.1) is 0 Å². The molecule has 1 saturated heterocycles. The highest BCUT2D eigenvalue weighted by Crippen LogP contribution is 2.34. The van der Waals surface area contributed by atoms with E-state index in [0.29, 0.717) is 25.1 Å². The molecule has 0 radical (unpaired) electrons. The maximum absolute atomic E-state index is 13.0. The van der Waals surface area contributed by atoms with Crippen molar-refractivity contribution < 1.29 is 14.4 Å². The lowest BCUT2D eigenvalue weighted by Crippen LogP contribution is -2.52. The van der Waals surface area contributed by atoms with Crippen LogP contribution in [-0.4, -0.2) is 48.3 Å². The first-order valence-electron chi connectivity index (χ1n) is 10.4. The number of nitrogens with zero attached hydrogens (tertiary/aromatic N) is 2. The molecule has 3 rings (SSSR count). The van der Waals surface area contributed by atoms with Crippen LogP contribution in [0.15, 0.2) is 30.4 Å². The lowest BCUT2D eigenvalue weighted by Gasteiger charge is -2.30. The molecule has 1 aromatic carbocycles. The summed E-state index contributed by atoms with van der Waals surface area (Å²) in [6.45, 7) is 4.80. The minimum Gasteiger partial charge on any atom is -0.371 e. The van der Waals surface area contributed by atoms with Gasteiger partial charge >= 0.3 is 0 Å². The highest BCUT2D eigenvalue weighted by molar-refractivity contribution is 6.06. The third kappa shape index (κ3) is 4.67. The number of nitrogens with two attached hydrogens (primary N) is 1. The summed E-state index contributed by atoms with van der Waals surface area (Å²) in [5.74, 6) is -0.783. The van der Waals surface area contributed by atoms with Crippen LogP contribution in [0.25, 0.3) is 0 Å². The fourth-order valence-corrected chi connectivity index (χ4v) is 4.06. The number of piperidine rings is 1. The predicted molar refractivity (Wildman–Crippen MR) is 112 cm³/mol. The molecule has 1 unspecified atom stereocenters. The molecule has 3 N–H and O–H groups in total. The van der Waals surface area contributed by atoms with Crippen molar-refractivity contribution in [2.75, 3.05) is 24.5 Å². The molecule has 0 aliphatic carbocycles. The van der Waals surface area contributed by atoms with Crippen molar-refractivity contribution in [1.29, 1.82) is 0 Å². The Morgan fingerprint density at radius 1 is 1.24 bits per heavy atom. The standard InChI is InChI=1S/C22H30N4O3/c1-2-3-5-13-25(14-6-4-12-23)18-9-7-8-16-17(18)15-26(22(16)29)19-10-11-20(27)24-21(19)28/h2-3,7-9,19H,4-6,10-15,23H2,1H3,(H,24,27,28)/b3-2-. The van der Waals surface area contributed by atoms with Crippen molar-refractivity contribution in [2.24, 2.45) is 5.73 Å². The maximum atomic E-state index is 13.0. The largest absolute Gasteiger partial charge is 0.371 e. The van der Waals surface area contributed by atoms with Gasteiger partial charge < -0.3 is 15.5 Å². The van der Waals surface area contributed by atoms with Gasteiger partial charge in [0.1, 0.15) is 6.04 Å². The normalized spacial score (nSPS) is 19.0. The first-order valence-corrected chi connectivity index (χ1v) is 10.4. The highest BCUT2D eigenvalue weighted by Gasteiger charge is 2.40. The summed E-state index contributed by atoms with van der Waals surface area (Å²) in [5.41, 5.74) is 8.34. The molecular formula is C22H30N4O3. The van der Waals surface area contributed by atoms with E-state index in [1.54, 1.807) is 4.90 Å². The van der Waals surface area contributed by atoms with Gasteiger partial charge in [-0.15, -0.1) is 0 Å². The van der Waals surface area contributed by atoms with Crippen molar-refractivity contribution in [3.05, 3.63) is 41.5 Å². The molecule has 0 aromatic heterocycles. The van der Waals surface area contributed by atoms with E-state index in [9.17, 15) is 14.4 Å². The average Bonchev–Trinajstić information content (AvgIpc) is 3.04. The van der Waals surface area contributed by atoms with Crippen LogP contribution >= 0.6 is 0 Å². The molecule has 0 spiro atoms. The number of amides is 3. The molecule has 1 fully saturated rings. The van der Waals surface area contributed by atoms with Crippen LogP contribution in [0.1, 0.15) is 54.9 Å². The van der Waals surface area contributed by atoms with Crippen molar-refractivity contribution in [2.45, 2.75) is 51.6 Å². The molecule has 3 amide bonds. The molecule has 156 valence electrons. The van der Waals surface area contributed by atoms with Crippen LogP contribution in [0.3, 0.4) is 0 Å². The number of hydrogen-bond acceptors (Lipinski definition) is 5. The van der Waals surface area contributed by atoms with E-state index < -0.39 is 6.04 Å². The number of hydrogen-bond donors (Lipinski definition) is 2. The zero-order valence-corrected chi connectivity index (χ0v) is 17.0. The van der Waals surface area contributed by atoms with E-state index in [-0.39, 0.29) is 24.1 Å². The Bertz CT molecular complexity index is 805. The second kappa shape index (κ2) is 9.69. The summed E-state index contributed by atoms with van der Waals surface area (Å²) < 4.78 is 0. The van der Waals surface area contributed by atoms with Crippen LogP contribution in [0.2, 0.25) is 0 Å². The van der Waals surface area contributed by atoms with Gasteiger partial charge in [0.25, 0.3) is 5.91 Å². The molecular weight excluding hydrogens is 368 g/mol. The van der Waals surface area contributed by atoms with Gasteiger partial charge in [0.05, 0.1) is 0 Å². The quantitative estimate of drug-likeness (QED) is 0.377. The number of fused-ring (bicyclic) bond motifs is 1. The summed E-state index contributed by atoms with van der Waals surface area (Å²) in [7, 11) is 0. The molecule has 2 aliphatic heterocycles. The Kier molecular flexibility index (Phi) is 7.04. The third-order valence-corrected chi connectivity index (χ3v) is 5.58. The number of carbonyl (C=O) groups is 3. The lowest BCUT2D eigenvalue weighted by molar-refractivity contribution is -0.136. The van der Waals surface area contributed by atoms with Gasteiger partial charge in [-0.25, -0.2) is 0 Å². The number of rotatable bonds is 9. The molecule has 2 heterocycles. The number of anilines is 1. The molecule has 2 aliphatic rings. The van der Waals surface area contributed by atoms with E-state index in [1.165, 1.54) is 0 Å². The summed E-state index contributed by atoms with van der Waals surface area (Å²) in [6.07, 6.45) is 7.69. The third-order valence-electron chi connectivity index (χ3n) is 5.58. The van der Waals surface area contributed by atoms with Gasteiger partial charge in [-0.3, -0.25) is 19.7 Å². The molecule has 29 heavy (non-hydrogen) atoms. The summed E-state index contributed by atoms with van der Waals surface area (Å²) in [4.78, 5) is 40.7. The van der Waals surface area contributed by atoms with Gasteiger partial charge in [-0.2, -0.15) is 0 Å². The summed E-state index contributed by atoms with van der Waals surface area (Å²) >= 11 is 0. The van der Waals surface area contributed by atoms with Gasteiger partial charge in [0, 0.05) is 42.9 Å². The maximum Gasteiger partial charge on any atom is 0.255 e. The number of benzene rings is 1. The Morgan fingerprint density at radius 2 is 2.07 bits per heavy atom. The smallest absolute Gasteiger partial charge is 0.255 e. The average molecular weight is 399 g/mol. The van der Waals surface area contributed by atoms with E-state index in [0.717, 1.165) is 43.6 Å². The Balaban J connectivity index is 1.84. The van der Waals surface area contributed by atoms with Crippen LogP contribution in [0.4, 0.5) is 5.69 Å². The summed E-state index contributed by atoms with van der Waals surface area (Å²) in [6, 6.07) is 5.20. The Labute approximate surface area is 171 Å². The van der Waals surface area contributed by atoms with Gasteiger partial charge in [0.15, 0.2) is 0 Å². The molecule has 0 saturated carbocycles. The fourth-order valence-electron chi connectivity index (χ4n) is 4.06. The second-order valence-corrected chi connectivity index (χ2v) is 7.54. The molecule has 7 nitrogen and oxygen atoms in total. The van der Waals surface area contributed by atoms with Gasteiger partial charge in [-0.1, -0.05) is 18.2 Å². The van der Waals surface area contributed by atoms with Gasteiger partial charge in [-0.05, 0) is 51.3 Å². The van der Waals surface area contributed by atoms with Crippen molar-refractivity contribution >= 4 is 23.4 Å². The molecule has 1 atom stereocenters. The number of imide groups is 1. The van der Waals surface area contributed by atoms with E-state index in [2.05, 4.69) is 22.4 Å². The SMILES string of the molecule is C/C=C\CCN(CCCCN)c1cccc2c1CN(C1CCC(=O)NC1=O)C2=O. The van der Waals surface area contributed by atoms with Gasteiger partial charge in [0.2, 0.25) is 11.8 Å². The Morgan fingerprint density at radius 3 is 2.79 bits per heavy atom. The molecule has 0 bridgehead atoms. The summed E-state index contributed by atoms with van der Waals surface area (Å²) in [5, 5.41) is 2.36. The zero-order valence-electron chi connectivity index (χ0n) is 17.0. The number of unbranched alkanes of at least 4 members (excludes halogenated alkanes) is 1. The lowest BCUT2D eigenvalue weighted by atomic mass is 10.0. The molecule has 1 aromatic rings. The van der Waals surface area contributed by atoms with Crippen LogP contribution in [0.5, 0.6) is 0 Å². The van der Waals surface area contributed by atoms with E-state index in [1.807, 2.05) is 25.1 Å². The first-order chi connectivity index (χ1) is 14.1. The van der Waals surface area contributed by atoms with Crippen LogP contribution in [-0.2, 0) is 16.1 Å². The second-order valence-electron chi connectivity index (χ2n) is 7.54. The van der Waals surface area contributed by atoms with Crippen molar-refractivity contribution in [3.8, 4) is 0 Å². The minimum absolute atomic E-state index is 0.133. The Hall–Kier alpha value is -2.67. The number of carbonyl (C=O) groups excluding carboxylic acids is 3. The topological polar surface area (TPSA) is 95.7 Å². The van der Waals surface area contributed by atoms with E-state index >= 15 is 0 Å². The van der Waals surface area contributed by atoms with Crippen molar-refractivity contribution in [1.82, 2.24) is 10.2 Å². The minimum atomic E-state index is -0.589. The monoisotopic (exact) mass is 398 g/mol. The first kappa shape index (κ1) is 21.0. The fraction of sp³-hybridized carbons (Fsp3) is 0.500.